The number of carbonyl (C=O) groups is 1. The zero-order valence-corrected chi connectivity index (χ0v) is 9.64. The molecule has 0 atom stereocenters. The normalized spacial score (nSPS) is 10.5. The summed E-state index contributed by atoms with van der Waals surface area (Å²) in [6, 6.07) is 15.0. The second kappa shape index (κ2) is 5.77. The van der Waals surface area contributed by atoms with Crippen molar-refractivity contribution in [2.45, 2.75) is 0 Å². The van der Waals surface area contributed by atoms with Crippen molar-refractivity contribution in [2.24, 2.45) is 0 Å². The highest BCUT2D eigenvalue weighted by Gasteiger charge is 2.02. The number of hydrogen-bond acceptors (Lipinski definition) is 1. The number of carbonyl (C=O) groups excluding carboxylic acids is 1. The van der Waals surface area contributed by atoms with E-state index < -0.39 is 0 Å². The van der Waals surface area contributed by atoms with Gasteiger partial charge in [0.15, 0.2) is 0 Å². The highest BCUT2D eigenvalue weighted by molar-refractivity contribution is 5.95. The number of hydrogen-bond donors (Lipinski definition) is 1. The molecule has 3 heteroatoms. The van der Waals surface area contributed by atoms with Gasteiger partial charge in [-0.05, 0) is 35.9 Å². The third-order valence-electron chi connectivity index (χ3n) is 2.40. The third kappa shape index (κ3) is 3.28. The third-order valence-corrected chi connectivity index (χ3v) is 2.40. The second-order valence-corrected chi connectivity index (χ2v) is 3.72. The molecule has 0 unspecified atom stereocenters. The minimum atomic E-state index is -0.355. The summed E-state index contributed by atoms with van der Waals surface area (Å²) in [4.78, 5) is 11.7. The van der Waals surface area contributed by atoms with Crippen LogP contribution in [0.3, 0.4) is 0 Å². The number of amides is 1. The number of halogens is 1. The molecule has 2 aromatic rings. The van der Waals surface area contributed by atoms with Gasteiger partial charge in [0.25, 0.3) is 5.91 Å². The molecule has 1 N–H and O–H groups in total. The first-order valence-corrected chi connectivity index (χ1v) is 5.54. The van der Waals surface area contributed by atoms with Crippen molar-refractivity contribution in [3.63, 3.8) is 0 Å². The van der Waals surface area contributed by atoms with Crippen LogP contribution in [0.15, 0.2) is 60.8 Å². The van der Waals surface area contributed by atoms with E-state index in [-0.39, 0.29) is 11.7 Å². The first-order valence-electron chi connectivity index (χ1n) is 5.54. The highest BCUT2D eigenvalue weighted by atomic mass is 19.1. The van der Waals surface area contributed by atoms with Crippen LogP contribution < -0.4 is 5.32 Å². The minimum absolute atomic E-state index is 0.262. The first-order chi connectivity index (χ1) is 8.75. The molecule has 0 aliphatic rings. The van der Waals surface area contributed by atoms with E-state index in [1.165, 1.54) is 24.3 Å². The molecule has 90 valence electrons. The van der Waals surface area contributed by atoms with Gasteiger partial charge >= 0.3 is 0 Å². The molecule has 0 saturated carbocycles. The summed E-state index contributed by atoms with van der Waals surface area (Å²) < 4.78 is 12.7. The Labute approximate surface area is 105 Å². The minimum Gasteiger partial charge on any atom is -0.329 e. The Morgan fingerprint density at radius 3 is 2.33 bits per heavy atom. The van der Waals surface area contributed by atoms with Gasteiger partial charge in [0.05, 0.1) is 0 Å². The van der Waals surface area contributed by atoms with Gasteiger partial charge in [-0.15, -0.1) is 0 Å². The fourth-order valence-corrected chi connectivity index (χ4v) is 1.46. The molecule has 18 heavy (non-hydrogen) atoms. The molecule has 0 saturated heterocycles. The Kier molecular flexibility index (Phi) is 3.86. The SMILES string of the molecule is O=C(N/C=C\c1ccccc1)c1ccc(F)cc1. The van der Waals surface area contributed by atoms with Crippen LogP contribution in [0.25, 0.3) is 6.08 Å². The Morgan fingerprint density at radius 2 is 1.67 bits per heavy atom. The molecule has 0 heterocycles. The smallest absolute Gasteiger partial charge is 0.255 e. The maximum Gasteiger partial charge on any atom is 0.255 e. The molecule has 2 rings (SSSR count). The predicted octanol–water partition coefficient (Wildman–Crippen LogP) is 3.23. The Balaban J connectivity index is 1.96. The summed E-state index contributed by atoms with van der Waals surface area (Å²) in [5, 5.41) is 2.62. The van der Waals surface area contributed by atoms with E-state index in [4.69, 9.17) is 0 Å². The first kappa shape index (κ1) is 12.0. The molecule has 0 radical (unpaired) electrons. The van der Waals surface area contributed by atoms with Crippen LogP contribution in [0.2, 0.25) is 0 Å². The Bertz CT molecular complexity index is 546. The van der Waals surface area contributed by atoms with Gasteiger partial charge in [-0.2, -0.15) is 0 Å². The lowest BCUT2D eigenvalue weighted by molar-refractivity contribution is 0.0970. The van der Waals surface area contributed by atoms with Gasteiger partial charge in [0.1, 0.15) is 5.82 Å². The summed E-state index contributed by atoms with van der Waals surface area (Å²) >= 11 is 0. The maximum atomic E-state index is 12.7. The van der Waals surface area contributed by atoms with Crippen molar-refractivity contribution in [1.82, 2.24) is 5.32 Å². The maximum absolute atomic E-state index is 12.7. The lowest BCUT2D eigenvalue weighted by atomic mass is 10.2. The molecule has 1 amide bonds. The summed E-state index contributed by atoms with van der Waals surface area (Å²) in [5.74, 6) is -0.617. The van der Waals surface area contributed by atoms with E-state index in [2.05, 4.69) is 5.32 Å². The quantitative estimate of drug-likeness (QED) is 0.878. The van der Waals surface area contributed by atoms with Crippen molar-refractivity contribution in [1.29, 1.82) is 0 Å². The van der Waals surface area contributed by atoms with E-state index in [0.717, 1.165) is 5.56 Å². The number of rotatable bonds is 3. The zero-order valence-electron chi connectivity index (χ0n) is 9.64. The van der Waals surface area contributed by atoms with Crippen LogP contribution in [0.1, 0.15) is 15.9 Å². The summed E-state index contributed by atoms with van der Waals surface area (Å²) in [5.41, 5.74) is 1.42. The van der Waals surface area contributed by atoms with Crippen LogP contribution in [0, 0.1) is 5.82 Å². The molecular weight excluding hydrogens is 229 g/mol. The topological polar surface area (TPSA) is 29.1 Å². The number of benzene rings is 2. The lowest BCUT2D eigenvalue weighted by Gasteiger charge is -1.99. The standard InChI is InChI=1S/C15H12FNO/c16-14-8-6-13(7-9-14)15(18)17-11-10-12-4-2-1-3-5-12/h1-11H,(H,17,18)/b11-10-. The molecule has 2 aromatic carbocycles. The van der Waals surface area contributed by atoms with Crippen LogP contribution >= 0.6 is 0 Å². The van der Waals surface area contributed by atoms with Crippen LogP contribution in [0.5, 0.6) is 0 Å². The van der Waals surface area contributed by atoms with E-state index in [0.29, 0.717) is 5.56 Å². The molecular formula is C15H12FNO. The fourth-order valence-electron chi connectivity index (χ4n) is 1.46. The molecule has 0 fully saturated rings. The molecule has 0 aliphatic carbocycles. The predicted molar refractivity (Wildman–Crippen MR) is 69.3 cm³/mol. The van der Waals surface area contributed by atoms with Crippen molar-refractivity contribution in [2.75, 3.05) is 0 Å². The van der Waals surface area contributed by atoms with Crippen LogP contribution in [0.4, 0.5) is 4.39 Å². The lowest BCUT2D eigenvalue weighted by Crippen LogP contribution is -2.16. The van der Waals surface area contributed by atoms with Crippen molar-refractivity contribution < 1.29 is 9.18 Å². The van der Waals surface area contributed by atoms with E-state index in [1.807, 2.05) is 30.3 Å². The van der Waals surface area contributed by atoms with E-state index >= 15 is 0 Å². The Hall–Kier alpha value is -2.42. The van der Waals surface area contributed by atoms with Gasteiger partial charge in [-0.3, -0.25) is 4.79 Å². The fraction of sp³-hybridized carbons (Fsp3) is 0. The van der Waals surface area contributed by atoms with Gasteiger partial charge in [-0.1, -0.05) is 30.3 Å². The largest absolute Gasteiger partial charge is 0.329 e. The second-order valence-electron chi connectivity index (χ2n) is 3.72. The van der Waals surface area contributed by atoms with E-state index in [9.17, 15) is 9.18 Å². The van der Waals surface area contributed by atoms with Crippen molar-refractivity contribution >= 4 is 12.0 Å². The molecule has 0 aromatic heterocycles. The van der Waals surface area contributed by atoms with Gasteiger partial charge < -0.3 is 5.32 Å². The average molecular weight is 241 g/mol. The van der Waals surface area contributed by atoms with Gasteiger partial charge in [0, 0.05) is 11.8 Å². The van der Waals surface area contributed by atoms with Crippen molar-refractivity contribution in [3.05, 3.63) is 77.7 Å². The van der Waals surface area contributed by atoms with Gasteiger partial charge in [0.2, 0.25) is 0 Å². The molecule has 0 spiro atoms. The average Bonchev–Trinajstić information content (AvgIpc) is 2.40. The zero-order chi connectivity index (χ0) is 12.8. The van der Waals surface area contributed by atoms with Crippen LogP contribution in [-0.2, 0) is 0 Å². The highest BCUT2D eigenvalue weighted by Crippen LogP contribution is 2.03. The summed E-state index contributed by atoms with van der Waals surface area (Å²) in [6.45, 7) is 0. The van der Waals surface area contributed by atoms with E-state index in [1.54, 1.807) is 12.3 Å². The summed E-state index contributed by atoms with van der Waals surface area (Å²) in [6.07, 6.45) is 3.36. The molecule has 0 aliphatic heterocycles. The molecule has 0 bridgehead atoms. The monoisotopic (exact) mass is 241 g/mol. The molecule has 2 nitrogen and oxygen atoms in total. The number of nitrogens with one attached hydrogen (secondary N) is 1. The van der Waals surface area contributed by atoms with Crippen molar-refractivity contribution in [3.8, 4) is 0 Å². The van der Waals surface area contributed by atoms with Gasteiger partial charge in [-0.25, -0.2) is 4.39 Å². The summed E-state index contributed by atoms with van der Waals surface area (Å²) in [7, 11) is 0. The Morgan fingerprint density at radius 1 is 1.00 bits per heavy atom. The van der Waals surface area contributed by atoms with Crippen LogP contribution in [-0.4, -0.2) is 5.91 Å².